The number of nitrogens with one attached hydrogen (secondary N) is 1. The number of imide groups is 1. The normalized spacial score (nSPS) is 14.0. The number of hydrogen-bond donors (Lipinski definition) is 1. The van der Waals surface area contributed by atoms with Crippen molar-refractivity contribution in [2.75, 3.05) is 37.6 Å². The first-order chi connectivity index (χ1) is 19.3. The first kappa shape index (κ1) is 31.6. The van der Waals surface area contributed by atoms with Gasteiger partial charge in [-0.2, -0.15) is 0 Å². The van der Waals surface area contributed by atoms with E-state index in [9.17, 15) is 27.6 Å². The van der Waals surface area contributed by atoms with Crippen molar-refractivity contribution in [2.45, 2.75) is 46.6 Å². The van der Waals surface area contributed by atoms with Gasteiger partial charge in [-0.15, -0.1) is 0 Å². The van der Waals surface area contributed by atoms with E-state index in [0.29, 0.717) is 36.5 Å². The third-order valence-corrected chi connectivity index (χ3v) is 8.17. The Hall–Kier alpha value is -3.93. The highest BCUT2D eigenvalue weighted by Crippen LogP contribution is 2.38. The highest BCUT2D eigenvalue weighted by molar-refractivity contribution is 7.90. The summed E-state index contributed by atoms with van der Waals surface area (Å²) in [5, 5.41) is 2.55. The van der Waals surface area contributed by atoms with Gasteiger partial charge >= 0.3 is 5.97 Å². The smallest absolute Gasteiger partial charge is 0.312 e. The van der Waals surface area contributed by atoms with Crippen LogP contribution in [0.5, 0.6) is 11.5 Å². The molecule has 0 unspecified atom stereocenters. The average Bonchev–Trinajstić information content (AvgIpc) is 3.19. The van der Waals surface area contributed by atoms with E-state index in [1.165, 1.54) is 25.3 Å². The topological polar surface area (TPSA) is 145 Å². The Morgan fingerprint density at radius 1 is 1.02 bits per heavy atom. The maximum atomic E-state index is 13.7. The molecule has 0 radical (unpaired) electrons. The number of nitrogens with zero attached hydrogens (tertiary/aromatic N) is 1. The number of benzene rings is 2. The molecular formula is C29H36N2O9S. The van der Waals surface area contributed by atoms with Crippen molar-refractivity contribution in [3.8, 4) is 11.5 Å². The monoisotopic (exact) mass is 588 g/mol. The fourth-order valence-electron chi connectivity index (χ4n) is 4.50. The minimum atomic E-state index is -3.68. The van der Waals surface area contributed by atoms with Crippen molar-refractivity contribution in [3.05, 3.63) is 53.1 Å². The molecule has 1 heterocycles. The SMILES string of the molecule is CCOc1cc([C@@H](CS(C)(=O)=O)N2C(=O)c3cccc(NC(=O)COC(=O)C(C)(CC)CC)c3C2=O)ccc1OC. The Kier molecular flexibility index (Phi) is 9.80. The van der Waals surface area contributed by atoms with E-state index in [1.807, 2.05) is 13.8 Å². The van der Waals surface area contributed by atoms with E-state index in [-0.39, 0.29) is 16.8 Å². The van der Waals surface area contributed by atoms with E-state index >= 15 is 0 Å². The van der Waals surface area contributed by atoms with Crippen LogP contribution in [-0.2, 0) is 24.2 Å². The van der Waals surface area contributed by atoms with Crippen LogP contribution in [0.15, 0.2) is 36.4 Å². The van der Waals surface area contributed by atoms with Crippen molar-refractivity contribution in [3.63, 3.8) is 0 Å². The summed E-state index contributed by atoms with van der Waals surface area (Å²) in [6.45, 7) is 6.96. The first-order valence-electron chi connectivity index (χ1n) is 13.3. The number of anilines is 1. The summed E-state index contributed by atoms with van der Waals surface area (Å²) in [6.07, 6.45) is 2.09. The van der Waals surface area contributed by atoms with E-state index in [2.05, 4.69) is 5.32 Å². The van der Waals surface area contributed by atoms with Gasteiger partial charge in [-0.1, -0.05) is 26.0 Å². The van der Waals surface area contributed by atoms with Crippen LogP contribution in [0, 0.1) is 5.41 Å². The molecule has 0 bridgehead atoms. The van der Waals surface area contributed by atoms with Crippen LogP contribution in [0.2, 0.25) is 0 Å². The maximum Gasteiger partial charge on any atom is 0.312 e. The van der Waals surface area contributed by atoms with E-state index in [4.69, 9.17) is 14.2 Å². The minimum Gasteiger partial charge on any atom is -0.493 e. The summed E-state index contributed by atoms with van der Waals surface area (Å²) in [6, 6.07) is 7.86. The van der Waals surface area contributed by atoms with E-state index in [1.54, 1.807) is 32.0 Å². The Labute approximate surface area is 240 Å². The fourth-order valence-corrected chi connectivity index (χ4v) is 5.41. The molecule has 0 fully saturated rings. The molecule has 222 valence electrons. The third-order valence-electron chi connectivity index (χ3n) is 7.25. The van der Waals surface area contributed by atoms with Gasteiger partial charge in [0, 0.05) is 6.26 Å². The summed E-state index contributed by atoms with van der Waals surface area (Å²) in [4.78, 5) is 53.3. The number of amides is 3. The van der Waals surface area contributed by atoms with Gasteiger partial charge in [-0.25, -0.2) is 8.42 Å². The largest absolute Gasteiger partial charge is 0.493 e. The predicted molar refractivity (Wildman–Crippen MR) is 152 cm³/mol. The average molecular weight is 589 g/mol. The van der Waals surface area contributed by atoms with E-state index < -0.39 is 57.3 Å². The van der Waals surface area contributed by atoms with Gasteiger partial charge in [0.05, 0.1) is 47.7 Å². The van der Waals surface area contributed by atoms with Crippen LogP contribution in [0.3, 0.4) is 0 Å². The molecule has 2 aromatic carbocycles. The van der Waals surface area contributed by atoms with Gasteiger partial charge in [0.2, 0.25) is 0 Å². The zero-order valence-corrected chi connectivity index (χ0v) is 24.9. The predicted octanol–water partition coefficient (Wildman–Crippen LogP) is 3.78. The zero-order chi connectivity index (χ0) is 30.5. The highest BCUT2D eigenvalue weighted by atomic mass is 32.2. The lowest BCUT2D eigenvalue weighted by molar-refractivity contribution is -0.157. The maximum absolute atomic E-state index is 13.7. The lowest BCUT2D eigenvalue weighted by Crippen LogP contribution is -2.38. The van der Waals surface area contributed by atoms with Crippen molar-refractivity contribution < 1.29 is 41.8 Å². The van der Waals surface area contributed by atoms with Gasteiger partial charge in [-0.3, -0.25) is 24.1 Å². The number of carbonyl (C=O) groups excluding carboxylic acids is 4. The Balaban J connectivity index is 1.94. The molecule has 3 amide bonds. The molecule has 0 saturated heterocycles. The number of rotatable bonds is 13. The van der Waals surface area contributed by atoms with Crippen LogP contribution in [0.4, 0.5) is 5.69 Å². The summed E-state index contributed by atoms with van der Waals surface area (Å²) in [5.74, 6) is -2.50. The zero-order valence-electron chi connectivity index (χ0n) is 24.1. The second-order valence-corrected chi connectivity index (χ2v) is 12.2. The first-order valence-corrected chi connectivity index (χ1v) is 15.3. The molecule has 12 heteroatoms. The third kappa shape index (κ3) is 6.87. The van der Waals surface area contributed by atoms with E-state index in [0.717, 1.165) is 11.2 Å². The quantitative estimate of drug-likeness (QED) is 0.273. The number of ether oxygens (including phenoxy) is 3. The molecule has 1 aliphatic heterocycles. The standard InChI is InChI=1S/C29H36N2O9S/c1-7-29(4,8-2)28(35)40-16-24(32)30-20-12-10-11-19-25(20)27(34)31(26(19)33)21(17-41(6,36)37)18-13-14-22(38-5)23(15-18)39-9-3/h10-15,21H,7-9,16-17H2,1-6H3,(H,30,32)/t21-/m1/s1. The number of esters is 1. The van der Waals surface area contributed by atoms with Gasteiger partial charge in [0.25, 0.3) is 17.7 Å². The van der Waals surface area contributed by atoms with Gasteiger partial charge in [0.1, 0.15) is 9.84 Å². The molecule has 3 rings (SSSR count). The molecule has 11 nitrogen and oxygen atoms in total. The lowest BCUT2D eigenvalue weighted by Gasteiger charge is -2.27. The minimum absolute atomic E-state index is 0.00591. The summed E-state index contributed by atoms with van der Waals surface area (Å²) >= 11 is 0. The van der Waals surface area contributed by atoms with Crippen LogP contribution >= 0.6 is 0 Å². The molecule has 0 aromatic heterocycles. The van der Waals surface area contributed by atoms with Crippen molar-refractivity contribution >= 4 is 39.2 Å². The molecule has 41 heavy (non-hydrogen) atoms. The molecule has 0 saturated carbocycles. The molecule has 2 aromatic rings. The Morgan fingerprint density at radius 3 is 2.29 bits per heavy atom. The van der Waals surface area contributed by atoms with Gasteiger partial charge in [-0.05, 0) is 56.5 Å². The second-order valence-electron chi connectivity index (χ2n) is 10.1. The number of sulfone groups is 1. The van der Waals surface area contributed by atoms with Gasteiger partial charge < -0.3 is 19.5 Å². The van der Waals surface area contributed by atoms with Crippen LogP contribution in [0.25, 0.3) is 0 Å². The Bertz CT molecular complexity index is 1450. The molecule has 1 N–H and O–H groups in total. The molecule has 1 aliphatic rings. The van der Waals surface area contributed by atoms with Crippen molar-refractivity contribution in [1.82, 2.24) is 4.90 Å². The number of fused-ring (bicyclic) bond motifs is 1. The number of methoxy groups -OCH3 is 1. The highest BCUT2D eigenvalue weighted by Gasteiger charge is 2.43. The number of carbonyl (C=O) groups is 4. The molecule has 0 spiro atoms. The second kappa shape index (κ2) is 12.7. The van der Waals surface area contributed by atoms with Crippen molar-refractivity contribution in [2.24, 2.45) is 5.41 Å². The molecule has 1 atom stereocenters. The summed E-state index contributed by atoms with van der Waals surface area (Å²) in [5.41, 5.74) is -0.412. The fraction of sp³-hybridized carbons (Fsp3) is 0.448. The van der Waals surface area contributed by atoms with Gasteiger partial charge in [0.15, 0.2) is 18.1 Å². The summed E-state index contributed by atoms with van der Waals surface area (Å²) < 4.78 is 41.0. The molecular weight excluding hydrogens is 552 g/mol. The lowest BCUT2D eigenvalue weighted by atomic mass is 9.85. The van der Waals surface area contributed by atoms with Crippen molar-refractivity contribution in [1.29, 1.82) is 0 Å². The van der Waals surface area contributed by atoms with Crippen LogP contribution in [-0.4, -0.2) is 69.3 Å². The molecule has 0 aliphatic carbocycles. The number of hydrogen-bond acceptors (Lipinski definition) is 9. The Morgan fingerprint density at radius 2 is 1.71 bits per heavy atom. The van der Waals surface area contributed by atoms with Crippen LogP contribution < -0.4 is 14.8 Å². The van der Waals surface area contributed by atoms with Crippen LogP contribution in [0.1, 0.15) is 72.9 Å². The summed E-state index contributed by atoms with van der Waals surface area (Å²) in [7, 11) is -2.22.